The van der Waals surface area contributed by atoms with Gasteiger partial charge >= 0.3 is 0 Å². The molecule has 3 aromatic carbocycles. The third-order valence-electron chi connectivity index (χ3n) is 6.91. The molecular weight excluding hydrogens is 500 g/mol. The average molecular weight is 545 g/mol. The van der Waals surface area contributed by atoms with Crippen molar-refractivity contribution in [1.82, 2.24) is 4.90 Å². The van der Waals surface area contributed by atoms with Crippen molar-refractivity contribution in [1.29, 1.82) is 0 Å². The summed E-state index contributed by atoms with van der Waals surface area (Å²) in [6.07, 6.45) is 12.9. The zero-order valence-electron chi connectivity index (χ0n) is 24.3. The minimum absolute atomic E-state index is 0.0101. The molecular formula is C34H44N2O4. The number of benzene rings is 3. The second-order valence-electron chi connectivity index (χ2n) is 10.0. The molecule has 1 aliphatic rings. The van der Waals surface area contributed by atoms with Gasteiger partial charge in [0.25, 0.3) is 0 Å². The van der Waals surface area contributed by atoms with Crippen LogP contribution in [0.4, 0.5) is 5.69 Å². The number of rotatable bonds is 9. The Hall–Kier alpha value is -3.95. The van der Waals surface area contributed by atoms with E-state index in [2.05, 4.69) is 65.5 Å². The number of anilines is 1. The molecule has 4 rings (SSSR count). The van der Waals surface area contributed by atoms with Crippen LogP contribution in [-0.4, -0.2) is 49.8 Å². The standard InChI is InChI=1S/C24H32N2O.C8H10O3.C2H2/c1-19(2)24(27)25-23-12-10-21(11-13-23)22-14-17-26(18-15-22)16-6-9-20-7-4-3-5-8-20;1-10-7-4-3-6(9)5-8(7)11-2;1-2/h3-5,7-8,10-13,19,22H,6,9,14-18H2,1-2H3,(H,25,27);3-5,9H,1-2H3;1-2H. The van der Waals surface area contributed by atoms with Crippen LogP contribution in [0.3, 0.4) is 0 Å². The number of likely N-dealkylation sites (tertiary alicyclic amines) is 1. The summed E-state index contributed by atoms with van der Waals surface area (Å²) in [5.41, 5.74) is 3.74. The molecule has 0 atom stereocenters. The van der Waals surface area contributed by atoms with E-state index < -0.39 is 0 Å². The quantitative estimate of drug-likeness (QED) is 0.292. The first-order valence-corrected chi connectivity index (χ1v) is 13.8. The Morgan fingerprint density at radius 2 is 1.57 bits per heavy atom. The summed E-state index contributed by atoms with van der Waals surface area (Å²) in [7, 11) is 3.08. The zero-order chi connectivity index (χ0) is 29.3. The number of hydrogen-bond acceptors (Lipinski definition) is 5. The molecule has 2 N–H and O–H groups in total. The number of methoxy groups -OCH3 is 2. The number of phenols is 1. The predicted molar refractivity (Wildman–Crippen MR) is 164 cm³/mol. The molecule has 1 saturated heterocycles. The largest absolute Gasteiger partial charge is 0.508 e. The molecule has 0 spiro atoms. The first-order valence-electron chi connectivity index (χ1n) is 13.8. The molecule has 40 heavy (non-hydrogen) atoms. The fraction of sp³-hybridized carbons (Fsp3) is 0.382. The highest BCUT2D eigenvalue weighted by Gasteiger charge is 2.20. The number of nitrogens with zero attached hydrogens (tertiary/aromatic N) is 1. The smallest absolute Gasteiger partial charge is 0.226 e. The molecule has 0 unspecified atom stereocenters. The lowest BCUT2D eigenvalue weighted by Crippen LogP contribution is -2.33. The van der Waals surface area contributed by atoms with Gasteiger partial charge in [-0.15, -0.1) is 12.8 Å². The minimum Gasteiger partial charge on any atom is -0.508 e. The number of aromatic hydroxyl groups is 1. The number of aryl methyl sites for hydroxylation is 1. The second-order valence-corrected chi connectivity index (χ2v) is 10.0. The molecule has 6 nitrogen and oxygen atoms in total. The number of carbonyl (C=O) groups is 1. The van der Waals surface area contributed by atoms with Crippen molar-refractivity contribution >= 4 is 11.6 Å². The molecule has 6 heteroatoms. The molecule has 0 bridgehead atoms. The molecule has 0 radical (unpaired) electrons. The van der Waals surface area contributed by atoms with Gasteiger partial charge in [-0.1, -0.05) is 56.3 Å². The summed E-state index contributed by atoms with van der Waals surface area (Å²) in [5, 5.41) is 12.0. The Kier molecular flexibility index (Phi) is 14.2. The maximum absolute atomic E-state index is 11.8. The Labute approximate surface area is 240 Å². The number of piperidine rings is 1. The lowest BCUT2D eigenvalue weighted by atomic mass is 9.89. The van der Waals surface area contributed by atoms with Gasteiger partial charge in [0.15, 0.2) is 11.5 Å². The van der Waals surface area contributed by atoms with Crippen LogP contribution in [0.15, 0.2) is 72.8 Å². The van der Waals surface area contributed by atoms with Crippen molar-refractivity contribution in [3.63, 3.8) is 0 Å². The molecule has 214 valence electrons. The number of carbonyl (C=O) groups excluding carboxylic acids is 1. The number of terminal acetylenes is 1. The van der Waals surface area contributed by atoms with E-state index in [1.807, 2.05) is 26.0 Å². The maximum atomic E-state index is 11.8. The fourth-order valence-electron chi connectivity index (χ4n) is 4.59. The fourth-order valence-corrected chi connectivity index (χ4v) is 4.59. The van der Waals surface area contributed by atoms with Crippen molar-refractivity contribution in [2.45, 2.75) is 45.4 Å². The highest BCUT2D eigenvalue weighted by atomic mass is 16.5. The molecule has 1 aliphatic heterocycles. The number of amides is 1. The van der Waals surface area contributed by atoms with Gasteiger partial charge in [0.05, 0.1) is 14.2 Å². The monoisotopic (exact) mass is 544 g/mol. The van der Waals surface area contributed by atoms with Crippen LogP contribution >= 0.6 is 0 Å². The number of ether oxygens (including phenoxy) is 2. The number of phenolic OH excluding ortho intramolecular Hbond substituents is 1. The van der Waals surface area contributed by atoms with Gasteiger partial charge in [0.2, 0.25) is 5.91 Å². The second kappa shape index (κ2) is 17.6. The van der Waals surface area contributed by atoms with Gasteiger partial charge in [-0.05, 0) is 86.6 Å². The summed E-state index contributed by atoms with van der Waals surface area (Å²) in [5.74, 6) is 2.05. The van der Waals surface area contributed by atoms with E-state index in [4.69, 9.17) is 14.6 Å². The van der Waals surface area contributed by atoms with Crippen LogP contribution in [0.5, 0.6) is 17.2 Å². The van der Waals surface area contributed by atoms with Crippen molar-refractivity contribution in [3.05, 3.63) is 83.9 Å². The number of hydrogen-bond donors (Lipinski definition) is 2. The predicted octanol–water partition coefficient (Wildman–Crippen LogP) is 6.75. The van der Waals surface area contributed by atoms with Gasteiger partial charge in [-0.3, -0.25) is 4.79 Å². The van der Waals surface area contributed by atoms with E-state index >= 15 is 0 Å². The summed E-state index contributed by atoms with van der Waals surface area (Å²) in [6.45, 7) is 7.40. The average Bonchev–Trinajstić information content (AvgIpc) is 2.99. The SMILES string of the molecule is C#C.CC(C)C(=O)Nc1ccc(C2CCN(CCCc3ccccc3)CC2)cc1.COc1ccc(O)cc1OC. The van der Waals surface area contributed by atoms with Crippen LogP contribution in [0.1, 0.15) is 50.2 Å². The van der Waals surface area contributed by atoms with E-state index in [0.29, 0.717) is 17.4 Å². The molecule has 1 heterocycles. The molecule has 0 saturated carbocycles. The van der Waals surface area contributed by atoms with Gasteiger partial charge in [0.1, 0.15) is 5.75 Å². The van der Waals surface area contributed by atoms with Crippen molar-refractivity contribution < 1.29 is 19.4 Å². The third kappa shape index (κ3) is 10.7. The van der Waals surface area contributed by atoms with Gasteiger partial charge in [-0.2, -0.15) is 0 Å². The van der Waals surface area contributed by atoms with Crippen LogP contribution in [0, 0.1) is 18.8 Å². The molecule has 3 aromatic rings. The normalized spacial score (nSPS) is 13.3. The van der Waals surface area contributed by atoms with Crippen LogP contribution in [0.2, 0.25) is 0 Å². The van der Waals surface area contributed by atoms with Crippen LogP contribution < -0.4 is 14.8 Å². The highest BCUT2D eigenvalue weighted by molar-refractivity contribution is 5.92. The first-order chi connectivity index (χ1) is 19.4. The molecule has 1 fully saturated rings. The van der Waals surface area contributed by atoms with Gasteiger partial charge < -0.3 is 24.8 Å². The highest BCUT2D eigenvalue weighted by Crippen LogP contribution is 2.30. The Morgan fingerprint density at radius 1 is 0.950 bits per heavy atom. The van der Waals surface area contributed by atoms with Crippen molar-refractivity contribution in [2.75, 3.05) is 39.2 Å². The third-order valence-corrected chi connectivity index (χ3v) is 6.91. The van der Waals surface area contributed by atoms with Crippen molar-refractivity contribution in [2.24, 2.45) is 5.92 Å². The zero-order valence-corrected chi connectivity index (χ0v) is 24.3. The minimum atomic E-state index is 0.0101. The molecule has 0 aliphatic carbocycles. The van der Waals surface area contributed by atoms with E-state index in [0.717, 1.165) is 5.69 Å². The first kappa shape index (κ1) is 32.3. The molecule has 0 aromatic heterocycles. The van der Waals surface area contributed by atoms with Crippen LogP contribution in [0.25, 0.3) is 0 Å². The van der Waals surface area contributed by atoms with E-state index in [9.17, 15) is 4.79 Å². The summed E-state index contributed by atoms with van der Waals surface area (Å²) in [6, 6.07) is 23.9. The molecule has 1 amide bonds. The lowest BCUT2D eigenvalue weighted by molar-refractivity contribution is -0.118. The summed E-state index contributed by atoms with van der Waals surface area (Å²) in [4.78, 5) is 14.4. The lowest BCUT2D eigenvalue weighted by Gasteiger charge is -2.32. The van der Waals surface area contributed by atoms with E-state index in [1.165, 1.54) is 69.6 Å². The van der Waals surface area contributed by atoms with E-state index in [-0.39, 0.29) is 17.6 Å². The Balaban J connectivity index is 0.000000360. The van der Waals surface area contributed by atoms with Gasteiger partial charge in [0, 0.05) is 17.7 Å². The summed E-state index contributed by atoms with van der Waals surface area (Å²) < 4.78 is 9.89. The summed E-state index contributed by atoms with van der Waals surface area (Å²) >= 11 is 0. The van der Waals surface area contributed by atoms with Crippen molar-refractivity contribution in [3.8, 4) is 30.1 Å². The van der Waals surface area contributed by atoms with E-state index in [1.54, 1.807) is 19.2 Å². The van der Waals surface area contributed by atoms with Gasteiger partial charge in [-0.25, -0.2) is 0 Å². The topological polar surface area (TPSA) is 71.0 Å². The Morgan fingerprint density at radius 3 is 2.15 bits per heavy atom. The maximum Gasteiger partial charge on any atom is 0.226 e. The van der Waals surface area contributed by atoms with Crippen LogP contribution in [-0.2, 0) is 11.2 Å². The Bertz CT molecular complexity index is 1150. The number of nitrogens with one attached hydrogen (secondary N) is 1.